The van der Waals surface area contributed by atoms with Crippen LogP contribution in [-0.4, -0.2) is 11.5 Å². The quantitative estimate of drug-likeness (QED) is 0.885. The van der Waals surface area contributed by atoms with Crippen LogP contribution in [0.4, 0.5) is 5.13 Å². The van der Waals surface area contributed by atoms with Crippen molar-refractivity contribution in [3.8, 4) is 10.4 Å². The smallest absolute Gasteiger partial charge is 0.183 e. The van der Waals surface area contributed by atoms with E-state index in [1.165, 1.54) is 16.0 Å². The van der Waals surface area contributed by atoms with Crippen LogP contribution in [0.3, 0.4) is 0 Å². The molecule has 1 heterocycles. The summed E-state index contributed by atoms with van der Waals surface area (Å²) in [5, 5.41) is 4.30. The molecule has 1 aromatic carbocycles. The average Bonchev–Trinajstić information content (AvgIpc) is 2.79. The maximum Gasteiger partial charge on any atom is 0.183 e. The number of rotatable bonds is 4. The van der Waals surface area contributed by atoms with Crippen molar-refractivity contribution >= 4 is 32.4 Å². The van der Waals surface area contributed by atoms with Crippen LogP contribution < -0.4 is 5.32 Å². The van der Waals surface area contributed by atoms with E-state index in [4.69, 9.17) is 0 Å². The number of halogens is 1. The van der Waals surface area contributed by atoms with E-state index in [1.54, 1.807) is 11.3 Å². The average molecular weight is 311 g/mol. The Hall–Kier alpha value is -0.870. The molecule has 0 radical (unpaired) electrons. The largest absolute Gasteiger partial charge is 0.362 e. The fraction of sp³-hybridized carbons (Fsp3) is 0.308. The molecule has 2 rings (SSSR count). The van der Waals surface area contributed by atoms with Crippen molar-refractivity contribution in [2.24, 2.45) is 0 Å². The molecule has 0 aliphatic carbocycles. The van der Waals surface area contributed by atoms with Crippen molar-refractivity contribution in [2.45, 2.75) is 20.3 Å². The van der Waals surface area contributed by atoms with E-state index in [0.717, 1.165) is 22.6 Å². The van der Waals surface area contributed by atoms with Gasteiger partial charge >= 0.3 is 0 Å². The molecule has 0 saturated heterocycles. The van der Waals surface area contributed by atoms with Crippen LogP contribution >= 0.6 is 27.3 Å². The molecular weight excluding hydrogens is 296 g/mol. The van der Waals surface area contributed by atoms with Crippen molar-refractivity contribution in [3.05, 3.63) is 34.4 Å². The van der Waals surface area contributed by atoms with Gasteiger partial charge in [0.1, 0.15) is 0 Å². The predicted molar refractivity (Wildman–Crippen MR) is 78.8 cm³/mol. The zero-order valence-electron chi connectivity index (χ0n) is 9.96. The molecule has 17 heavy (non-hydrogen) atoms. The summed E-state index contributed by atoms with van der Waals surface area (Å²) in [5.74, 6) is 0. The van der Waals surface area contributed by atoms with E-state index in [9.17, 15) is 0 Å². The van der Waals surface area contributed by atoms with Gasteiger partial charge < -0.3 is 5.32 Å². The number of aryl methyl sites for hydroxylation is 1. The zero-order valence-corrected chi connectivity index (χ0v) is 12.4. The molecule has 0 bridgehead atoms. The lowest BCUT2D eigenvalue weighted by atomic mass is 10.1. The Morgan fingerprint density at radius 2 is 2.24 bits per heavy atom. The topological polar surface area (TPSA) is 24.9 Å². The van der Waals surface area contributed by atoms with Crippen molar-refractivity contribution in [1.29, 1.82) is 0 Å². The fourth-order valence-electron chi connectivity index (χ4n) is 1.47. The highest BCUT2D eigenvalue weighted by Gasteiger charge is 2.05. The first-order valence-electron chi connectivity index (χ1n) is 5.67. The molecule has 0 atom stereocenters. The van der Waals surface area contributed by atoms with Gasteiger partial charge in [-0.2, -0.15) is 0 Å². The zero-order chi connectivity index (χ0) is 12.3. The van der Waals surface area contributed by atoms with E-state index in [0.29, 0.717) is 0 Å². The predicted octanol–water partition coefficient (Wildman–Crippen LogP) is 4.70. The van der Waals surface area contributed by atoms with Crippen LogP contribution in [0, 0.1) is 6.92 Å². The van der Waals surface area contributed by atoms with Gasteiger partial charge in [0.25, 0.3) is 0 Å². The molecule has 0 amide bonds. The van der Waals surface area contributed by atoms with Gasteiger partial charge in [-0.3, -0.25) is 0 Å². The summed E-state index contributed by atoms with van der Waals surface area (Å²) in [7, 11) is 0. The van der Waals surface area contributed by atoms with E-state index in [-0.39, 0.29) is 0 Å². The standard InChI is InChI=1S/C13H15BrN2S/c1-3-6-15-13-16-8-12(17-13)10-5-4-9(2)11(14)7-10/h4-5,7-8H,3,6H2,1-2H3,(H,15,16). The van der Waals surface area contributed by atoms with Gasteiger partial charge in [-0.15, -0.1) is 0 Å². The number of nitrogens with one attached hydrogen (secondary N) is 1. The second kappa shape index (κ2) is 5.65. The first-order chi connectivity index (χ1) is 8.20. The Balaban J connectivity index is 2.21. The summed E-state index contributed by atoms with van der Waals surface area (Å²) >= 11 is 5.26. The van der Waals surface area contributed by atoms with Crippen molar-refractivity contribution in [2.75, 3.05) is 11.9 Å². The second-order valence-corrected chi connectivity index (χ2v) is 5.81. The van der Waals surface area contributed by atoms with Crippen LogP contribution in [0.5, 0.6) is 0 Å². The van der Waals surface area contributed by atoms with Gasteiger partial charge in [-0.25, -0.2) is 4.98 Å². The summed E-state index contributed by atoms with van der Waals surface area (Å²) in [6, 6.07) is 6.40. The first kappa shape index (κ1) is 12.6. The molecule has 0 saturated carbocycles. The molecule has 4 heteroatoms. The minimum absolute atomic E-state index is 0.977. The monoisotopic (exact) mass is 310 g/mol. The lowest BCUT2D eigenvalue weighted by Gasteiger charge is -2.01. The second-order valence-electron chi connectivity index (χ2n) is 3.92. The number of anilines is 1. The number of thiazole rings is 1. The highest BCUT2D eigenvalue weighted by molar-refractivity contribution is 9.10. The maximum atomic E-state index is 4.37. The van der Waals surface area contributed by atoms with Crippen molar-refractivity contribution < 1.29 is 0 Å². The highest BCUT2D eigenvalue weighted by atomic mass is 79.9. The van der Waals surface area contributed by atoms with Crippen molar-refractivity contribution in [3.63, 3.8) is 0 Å². The van der Waals surface area contributed by atoms with Gasteiger partial charge in [0.05, 0.1) is 4.88 Å². The number of aromatic nitrogens is 1. The third kappa shape index (κ3) is 3.07. The van der Waals surface area contributed by atoms with Gasteiger partial charge in [-0.1, -0.05) is 46.3 Å². The maximum absolute atomic E-state index is 4.37. The van der Waals surface area contributed by atoms with E-state index < -0.39 is 0 Å². The number of hydrogen-bond acceptors (Lipinski definition) is 3. The van der Waals surface area contributed by atoms with E-state index >= 15 is 0 Å². The van der Waals surface area contributed by atoms with Crippen molar-refractivity contribution in [1.82, 2.24) is 4.98 Å². The van der Waals surface area contributed by atoms with Gasteiger partial charge in [-0.05, 0) is 30.5 Å². The summed E-state index contributed by atoms with van der Waals surface area (Å²) in [6.07, 6.45) is 3.05. The lowest BCUT2D eigenvalue weighted by molar-refractivity contribution is 0.976. The third-order valence-corrected chi connectivity index (χ3v) is 4.35. The Labute approximate surface area is 114 Å². The molecule has 2 nitrogen and oxygen atoms in total. The highest BCUT2D eigenvalue weighted by Crippen LogP contribution is 2.31. The summed E-state index contributed by atoms with van der Waals surface area (Å²) in [4.78, 5) is 5.57. The van der Waals surface area contributed by atoms with Gasteiger partial charge in [0.15, 0.2) is 5.13 Å². The van der Waals surface area contributed by atoms with Crippen LogP contribution in [0.15, 0.2) is 28.9 Å². The minimum atomic E-state index is 0.977. The Morgan fingerprint density at radius 3 is 2.94 bits per heavy atom. The van der Waals surface area contributed by atoms with Crippen LogP contribution in [0.1, 0.15) is 18.9 Å². The number of benzene rings is 1. The molecule has 0 aliphatic heterocycles. The van der Waals surface area contributed by atoms with Crippen LogP contribution in [-0.2, 0) is 0 Å². The minimum Gasteiger partial charge on any atom is -0.362 e. The Morgan fingerprint density at radius 1 is 1.41 bits per heavy atom. The normalized spacial score (nSPS) is 10.5. The van der Waals surface area contributed by atoms with Gasteiger partial charge in [0, 0.05) is 17.2 Å². The molecule has 0 aliphatic rings. The Kier molecular flexibility index (Phi) is 4.18. The van der Waals surface area contributed by atoms with E-state index in [1.807, 2.05) is 6.20 Å². The third-order valence-electron chi connectivity index (χ3n) is 2.49. The summed E-state index contributed by atoms with van der Waals surface area (Å²) < 4.78 is 1.14. The first-order valence-corrected chi connectivity index (χ1v) is 7.28. The molecule has 1 N–H and O–H groups in total. The molecule has 0 unspecified atom stereocenters. The molecule has 0 fully saturated rings. The SMILES string of the molecule is CCCNc1ncc(-c2ccc(C)c(Br)c2)s1. The van der Waals surface area contributed by atoms with Crippen LogP contribution in [0.2, 0.25) is 0 Å². The fourth-order valence-corrected chi connectivity index (χ4v) is 2.68. The number of nitrogens with zero attached hydrogens (tertiary/aromatic N) is 1. The van der Waals surface area contributed by atoms with Crippen LogP contribution in [0.25, 0.3) is 10.4 Å². The molecular formula is C13H15BrN2S. The molecule has 90 valence electrons. The number of hydrogen-bond donors (Lipinski definition) is 1. The molecule has 1 aromatic heterocycles. The summed E-state index contributed by atoms with van der Waals surface area (Å²) in [6.45, 7) is 5.22. The summed E-state index contributed by atoms with van der Waals surface area (Å²) in [5.41, 5.74) is 2.46. The Bertz CT molecular complexity index is 508. The molecule has 2 aromatic rings. The molecule has 0 spiro atoms. The lowest BCUT2D eigenvalue weighted by Crippen LogP contribution is -1.97. The van der Waals surface area contributed by atoms with E-state index in [2.05, 4.69) is 58.3 Å². The van der Waals surface area contributed by atoms with Gasteiger partial charge in [0.2, 0.25) is 0 Å².